The van der Waals surface area contributed by atoms with Gasteiger partial charge in [0.15, 0.2) is 0 Å². The Morgan fingerprint density at radius 3 is 2.58 bits per heavy atom. The summed E-state index contributed by atoms with van der Waals surface area (Å²) in [7, 11) is 0. The highest BCUT2D eigenvalue weighted by atomic mass is 16.5. The Bertz CT molecular complexity index is 730. The van der Waals surface area contributed by atoms with Crippen LogP contribution in [0.15, 0.2) is 54.6 Å². The lowest BCUT2D eigenvalue weighted by molar-refractivity contribution is -0.126. The van der Waals surface area contributed by atoms with E-state index in [1.54, 1.807) is 0 Å². The van der Waals surface area contributed by atoms with Crippen LogP contribution in [-0.4, -0.2) is 17.9 Å². The van der Waals surface area contributed by atoms with Gasteiger partial charge in [0, 0.05) is 12.0 Å². The number of rotatable bonds is 5. The van der Waals surface area contributed by atoms with Gasteiger partial charge in [0.1, 0.15) is 17.5 Å². The largest absolute Gasteiger partial charge is 0.457 e. The Hall–Kier alpha value is -2.82. The van der Waals surface area contributed by atoms with Gasteiger partial charge in [0.25, 0.3) is 0 Å². The number of ether oxygens (including phenoxy) is 1. The SMILES string of the molecule is C[C@@H](NC(=O)[C@H]1CCC(=O)N1)c1ccccc1Oc1ccccc1. The van der Waals surface area contributed by atoms with Crippen molar-refractivity contribution >= 4 is 11.8 Å². The molecule has 124 valence electrons. The maximum absolute atomic E-state index is 12.3. The molecule has 1 aliphatic heterocycles. The monoisotopic (exact) mass is 324 g/mol. The third-order valence-electron chi connectivity index (χ3n) is 4.03. The first kappa shape index (κ1) is 16.1. The van der Waals surface area contributed by atoms with Crippen molar-refractivity contribution in [1.82, 2.24) is 10.6 Å². The van der Waals surface area contributed by atoms with Crippen LogP contribution in [0.25, 0.3) is 0 Å². The Labute approximate surface area is 141 Å². The quantitative estimate of drug-likeness (QED) is 0.888. The summed E-state index contributed by atoms with van der Waals surface area (Å²) in [4.78, 5) is 23.5. The molecule has 0 aliphatic carbocycles. The van der Waals surface area contributed by atoms with Gasteiger partial charge in [-0.15, -0.1) is 0 Å². The summed E-state index contributed by atoms with van der Waals surface area (Å²) in [6.07, 6.45) is 0.944. The molecule has 0 spiro atoms. The zero-order valence-corrected chi connectivity index (χ0v) is 13.5. The van der Waals surface area contributed by atoms with E-state index in [4.69, 9.17) is 4.74 Å². The fourth-order valence-corrected chi connectivity index (χ4v) is 2.75. The molecule has 2 aromatic carbocycles. The normalized spacial score (nSPS) is 17.9. The smallest absolute Gasteiger partial charge is 0.243 e. The Morgan fingerprint density at radius 1 is 1.17 bits per heavy atom. The highest BCUT2D eigenvalue weighted by molar-refractivity contribution is 5.90. The van der Waals surface area contributed by atoms with Crippen molar-refractivity contribution in [2.75, 3.05) is 0 Å². The predicted molar refractivity (Wildman–Crippen MR) is 90.7 cm³/mol. The molecule has 2 amide bonds. The van der Waals surface area contributed by atoms with Crippen LogP contribution in [-0.2, 0) is 9.59 Å². The molecule has 1 saturated heterocycles. The van der Waals surface area contributed by atoms with E-state index >= 15 is 0 Å². The average molecular weight is 324 g/mol. The van der Waals surface area contributed by atoms with Crippen LogP contribution in [0.2, 0.25) is 0 Å². The maximum atomic E-state index is 12.3. The van der Waals surface area contributed by atoms with Crippen LogP contribution in [0.4, 0.5) is 0 Å². The van der Waals surface area contributed by atoms with Crippen LogP contribution in [0.5, 0.6) is 11.5 Å². The first-order valence-corrected chi connectivity index (χ1v) is 8.05. The number of carbonyl (C=O) groups is 2. The summed E-state index contributed by atoms with van der Waals surface area (Å²) in [6.45, 7) is 1.90. The lowest BCUT2D eigenvalue weighted by Gasteiger charge is -2.20. The zero-order chi connectivity index (χ0) is 16.9. The minimum atomic E-state index is -0.442. The van der Waals surface area contributed by atoms with E-state index in [2.05, 4.69) is 10.6 Å². The third kappa shape index (κ3) is 3.74. The van der Waals surface area contributed by atoms with Crippen molar-refractivity contribution in [2.24, 2.45) is 0 Å². The molecular weight excluding hydrogens is 304 g/mol. The van der Waals surface area contributed by atoms with E-state index in [1.807, 2.05) is 61.5 Å². The molecule has 2 N–H and O–H groups in total. The topological polar surface area (TPSA) is 67.4 Å². The molecule has 0 saturated carbocycles. The minimum absolute atomic E-state index is 0.0735. The molecule has 5 nitrogen and oxygen atoms in total. The first-order valence-electron chi connectivity index (χ1n) is 8.05. The molecule has 2 aromatic rings. The number of hydrogen-bond donors (Lipinski definition) is 2. The Balaban J connectivity index is 1.71. The van der Waals surface area contributed by atoms with Gasteiger partial charge in [0.05, 0.1) is 6.04 Å². The number of nitrogens with one attached hydrogen (secondary N) is 2. The minimum Gasteiger partial charge on any atom is -0.457 e. The molecular formula is C19H20N2O3. The second-order valence-corrected chi connectivity index (χ2v) is 5.84. The number of carbonyl (C=O) groups excluding carboxylic acids is 2. The Morgan fingerprint density at radius 2 is 1.88 bits per heavy atom. The summed E-state index contributed by atoms with van der Waals surface area (Å²) in [5.41, 5.74) is 0.888. The van der Waals surface area contributed by atoms with Gasteiger partial charge in [-0.1, -0.05) is 36.4 Å². The second-order valence-electron chi connectivity index (χ2n) is 5.84. The van der Waals surface area contributed by atoms with Gasteiger partial charge in [-0.05, 0) is 31.5 Å². The molecule has 2 atom stereocenters. The number of benzene rings is 2. The van der Waals surface area contributed by atoms with E-state index < -0.39 is 6.04 Å². The molecule has 0 unspecified atom stereocenters. The maximum Gasteiger partial charge on any atom is 0.243 e. The summed E-state index contributed by atoms with van der Waals surface area (Å²) >= 11 is 0. The van der Waals surface area contributed by atoms with Gasteiger partial charge >= 0.3 is 0 Å². The highest BCUT2D eigenvalue weighted by Gasteiger charge is 2.28. The third-order valence-corrected chi connectivity index (χ3v) is 4.03. The van der Waals surface area contributed by atoms with E-state index in [9.17, 15) is 9.59 Å². The van der Waals surface area contributed by atoms with Gasteiger partial charge in [-0.2, -0.15) is 0 Å². The van der Waals surface area contributed by atoms with Gasteiger partial charge in [-0.25, -0.2) is 0 Å². The van der Waals surface area contributed by atoms with Crippen LogP contribution < -0.4 is 15.4 Å². The van der Waals surface area contributed by atoms with Crippen molar-refractivity contribution in [1.29, 1.82) is 0 Å². The van der Waals surface area contributed by atoms with Crippen LogP contribution in [0.3, 0.4) is 0 Å². The van der Waals surface area contributed by atoms with Gasteiger partial charge < -0.3 is 15.4 Å². The number of hydrogen-bond acceptors (Lipinski definition) is 3. The molecule has 3 rings (SSSR count). The van der Waals surface area contributed by atoms with Crippen molar-refractivity contribution < 1.29 is 14.3 Å². The predicted octanol–water partition coefficient (Wildman–Crippen LogP) is 2.93. The van der Waals surface area contributed by atoms with Crippen molar-refractivity contribution in [3.05, 3.63) is 60.2 Å². The Kier molecular flexibility index (Phi) is 4.79. The molecule has 1 fully saturated rings. The van der Waals surface area contributed by atoms with Crippen LogP contribution in [0.1, 0.15) is 31.4 Å². The molecule has 24 heavy (non-hydrogen) atoms. The van der Waals surface area contributed by atoms with Gasteiger partial charge in [-0.3, -0.25) is 9.59 Å². The fourth-order valence-electron chi connectivity index (χ4n) is 2.75. The fraction of sp³-hybridized carbons (Fsp3) is 0.263. The van der Waals surface area contributed by atoms with Crippen LogP contribution >= 0.6 is 0 Å². The summed E-state index contributed by atoms with van der Waals surface area (Å²) in [6, 6.07) is 16.5. The lowest BCUT2D eigenvalue weighted by Crippen LogP contribution is -2.42. The van der Waals surface area contributed by atoms with Crippen molar-refractivity contribution in [2.45, 2.75) is 31.8 Å². The molecule has 0 aromatic heterocycles. The summed E-state index contributed by atoms with van der Waals surface area (Å²) in [5.74, 6) is 1.21. The second kappa shape index (κ2) is 7.17. The van der Waals surface area contributed by atoms with Crippen LogP contribution in [0, 0.1) is 0 Å². The van der Waals surface area contributed by atoms with Crippen molar-refractivity contribution in [3.63, 3.8) is 0 Å². The van der Waals surface area contributed by atoms with Gasteiger partial charge in [0.2, 0.25) is 11.8 Å². The number of amides is 2. The zero-order valence-electron chi connectivity index (χ0n) is 13.5. The van der Waals surface area contributed by atoms with E-state index in [0.717, 1.165) is 11.3 Å². The van der Waals surface area contributed by atoms with E-state index in [-0.39, 0.29) is 17.9 Å². The summed E-state index contributed by atoms with van der Waals surface area (Å²) < 4.78 is 5.93. The molecule has 5 heteroatoms. The standard InChI is InChI=1S/C19H20N2O3/c1-13(20-19(23)16-11-12-18(22)21-16)15-9-5-6-10-17(15)24-14-7-3-2-4-8-14/h2-10,13,16H,11-12H2,1H3,(H,20,23)(H,21,22)/t13-,16-/m1/s1. The first-order chi connectivity index (χ1) is 11.6. The van der Waals surface area contributed by atoms with E-state index in [1.165, 1.54) is 0 Å². The highest BCUT2D eigenvalue weighted by Crippen LogP contribution is 2.29. The lowest BCUT2D eigenvalue weighted by atomic mass is 10.1. The summed E-state index contributed by atoms with van der Waals surface area (Å²) in [5, 5.41) is 5.63. The number of para-hydroxylation sites is 2. The van der Waals surface area contributed by atoms with E-state index in [0.29, 0.717) is 18.6 Å². The molecule has 1 aliphatic rings. The molecule has 0 bridgehead atoms. The average Bonchev–Trinajstić information content (AvgIpc) is 3.03. The molecule has 0 radical (unpaired) electrons. The molecule has 1 heterocycles. The van der Waals surface area contributed by atoms with Crippen molar-refractivity contribution in [3.8, 4) is 11.5 Å².